The second-order valence-corrected chi connectivity index (χ2v) is 58.4. The molecule has 10 aromatic heterocycles. The van der Waals surface area contributed by atoms with E-state index in [1.165, 1.54) is 0 Å². The molecule has 0 aliphatic carbocycles. The average molecular weight is 1740 g/mol. The van der Waals surface area contributed by atoms with Crippen LogP contribution < -0.4 is 22.8 Å². The van der Waals surface area contributed by atoms with E-state index in [9.17, 15) is 24.3 Å². The molecule has 14 aromatic rings. The number of rotatable bonds is 29. The van der Waals surface area contributed by atoms with Crippen LogP contribution in [0.3, 0.4) is 0 Å². The van der Waals surface area contributed by atoms with Gasteiger partial charge >= 0.3 is 22.8 Å². The lowest BCUT2D eigenvalue weighted by molar-refractivity contribution is 0.0869. The zero-order valence-corrected chi connectivity index (χ0v) is 77.9. The number of ether oxygens (including phenoxy) is 4. The third-order valence-electron chi connectivity index (χ3n) is 20.5. The van der Waals surface area contributed by atoms with Crippen LogP contribution in [0.15, 0.2) is 190 Å². The number of fused-ring (bicyclic) bond motifs is 5. The van der Waals surface area contributed by atoms with Gasteiger partial charge in [0.15, 0.2) is 28.4 Å². The first-order chi connectivity index (χ1) is 57.9. The normalized spacial score (nSPS) is 13.0. The van der Waals surface area contributed by atoms with Crippen molar-refractivity contribution in [1.29, 1.82) is 0 Å². The van der Waals surface area contributed by atoms with Gasteiger partial charge in [-0.1, -0.05) is 206 Å². The molecule has 4 aromatic carbocycles. The van der Waals surface area contributed by atoms with Gasteiger partial charge in [-0.2, -0.15) is 10.1 Å². The maximum atomic E-state index is 13.7. The van der Waals surface area contributed by atoms with E-state index in [-0.39, 0.29) is 90.8 Å². The van der Waals surface area contributed by atoms with E-state index in [2.05, 4.69) is 141 Å². The van der Waals surface area contributed by atoms with Crippen LogP contribution >= 0.6 is 11.6 Å². The smallest absolute Gasteiger partial charge is 0.332 e. The average Bonchev–Trinajstić information content (AvgIpc) is 1.61. The lowest BCUT2D eigenvalue weighted by Gasteiger charge is -2.15. The predicted octanol–water partition coefficient (Wildman–Crippen LogP) is 15.5. The Morgan fingerprint density at radius 1 is 0.426 bits per heavy atom. The van der Waals surface area contributed by atoms with Gasteiger partial charge in [-0.15, -0.1) is 6.42 Å². The van der Waals surface area contributed by atoms with Gasteiger partial charge in [0.1, 0.15) is 54.6 Å². The fraction of sp³-hybridized carbons (Fsp3) is 0.393. The molecule has 14 rings (SSSR count). The molecule has 4 atom stereocenters. The van der Waals surface area contributed by atoms with Gasteiger partial charge in [0.2, 0.25) is 16.9 Å². The van der Waals surface area contributed by atoms with Crippen molar-refractivity contribution in [2.75, 3.05) is 26.4 Å². The summed E-state index contributed by atoms with van der Waals surface area (Å²) >= 11 is 6.01. The zero-order chi connectivity index (χ0) is 88.0. The van der Waals surface area contributed by atoms with Crippen molar-refractivity contribution in [3.63, 3.8) is 0 Å². The molecule has 122 heavy (non-hydrogen) atoms. The minimum atomic E-state index is -1.24. The van der Waals surface area contributed by atoms with Crippen molar-refractivity contribution >= 4 is 94.1 Å². The molecule has 1 N–H and O–H groups in total. The Kier molecular flexibility index (Phi) is 30.0. The first-order valence-corrected chi connectivity index (χ1v) is 56.2. The molecule has 10 heterocycles. The van der Waals surface area contributed by atoms with Crippen LogP contribution in [-0.2, 0) is 45.9 Å². The highest BCUT2D eigenvalue weighted by Crippen LogP contribution is 2.29. The highest BCUT2D eigenvalue weighted by Gasteiger charge is 2.28. The van der Waals surface area contributed by atoms with Crippen molar-refractivity contribution in [3.05, 3.63) is 252 Å². The fourth-order valence-electron chi connectivity index (χ4n) is 13.2. The number of nitrogens with zero attached hydrogens (tertiary/aromatic N) is 19. The quantitative estimate of drug-likeness (QED) is 0.0197. The number of hydrogen-bond acceptors (Lipinski definition) is 19. The first kappa shape index (κ1) is 91.7. The van der Waals surface area contributed by atoms with Crippen LogP contribution in [0.4, 0.5) is 0 Å². The number of imidazole rings is 4. The lowest BCUT2D eigenvalue weighted by Crippen LogP contribution is -2.28. The third kappa shape index (κ3) is 23.4. The molecule has 33 heteroatoms. The van der Waals surface area contributed by atoms with Gasteiger partial charge in [0.25, 0.3) is 0 Å². The summed E-state index contributed by atoms with van der Waals surface area (Å²) in [5.41, 5.74) is 8.32. The van der Waals surface area contributed by atoms with Crippen molar-refractivity contribution in [1.82, 2.24) is 91.0 Å². The van der Waals surface area contributed by atoms with Gasteiger partial charge in [0.05, 0.1) is 72.4 Å². The monoisotopic (exact) mass is 1740 g/mol. The summed E-state index contributed by atoms with van der Waals surface area (Å²) in [6, 6.07) is 42.8. The van der Waals surface area contributed by atoms with Gasteiger partial charge < -0.3 is 24.1 Å². The zero-order valence-electron chi connectivity index (χ0n) is 73.1. The predicted molar refractivity (Wildman–Crippen MR) is 493 cm³/mol. The molecule has 0 aliphatic heterocycles. The minimum absolute atomic E-state index is 0.119. The molecular formula is C89H112ClN19O9Si4. The van der Waals surface area contributed by atoms with E-state index < -0.39 is 37.9 Å². The lowest BCUT2D eigenvalue weighted by atomic mass is 10.1. The van der Waals surface area contributed by atoms with Crippen molar-refractivity contribution in [3.8, 4) is 35.6 Å². The minimum Gasteiger partial charge on any atom is -0.378 e. The van der Waals surface area contributed by atoms with Crippen LogP contribution in [0.2, 0.25) is 108 Å². The van der Waals surface area contributed by atoms with Crippen LogP contribution in [0.25, 0.3) is 61.6 Å². The van der Waals surface area contributed by atoms with Gasteiger partial charge in [-0.05, 0) is 111 Å². The molecule has 0 aliphatic rings. The Morgan fingerprint density at radius 3 is 1.09 bits per heavy atom. The summed E-state index contributed by atoms with van der Waals surface area (Å²) in [7, 11) is -4.85. The number of halogens is 1. The van der Waals surface area contributed by atoms with Gasteiger partial charge in [0, 0.05) is 71.1 Å². The van der Waals surface area contributed by atoms with Crippen LogP contribution in [0.5, 0.6) is 0 Å². The molecule has 0 saturated heterocycles. The molecule has 0 bridgehead atoms. The summed E-state index contributed by atoms with van der Waals surface area (Å²) in [4.78, 5) is 93.0. The largest absolute Gasteiger partial charge is 0.378 e. The summed E-state index contributed by atoms with van der Waals surface area (Å²) in [5.74, 6) is 8.99. The maximum absolute atomic E-state index is 13.7. The van der Waals surface area contributed by atoms with E-state index in [0.717, 1.165) is 57.5 Å². The number of benzene rings is 4. The molecular weight excluding hydrogens is 1630 g/mol. The molecule has 0 amide bonds. The summed E-state index contributed by atoms with van der Waals surface area (Å²) in [6.07, 6.45) is 18.9. The Labute approximate surface area is 719 Å². The first-order valence-electron chi connectivity index (χ1n) is 41.0. The molecule has 28 nitrogen and oxygen atoms in total. The van der Waals surface area contributed by atoms with Crippen molar-refractivity contribution in [2.45, 2.75) is 201 Å². The van der Waals surface area contributed by atoms with Gasteiger partial charge in [-0.25, -0.2) is 58.6 Å². The highest BCUT2D eigenvalue weighted by atomic mass is 35.5. The van der Waals surface area contributed by atoms with Gasteiger partial charge in [-0.3, -0.25) is 41.5 Å². The molecule has 0 unspecified atom stereocenters. The van der Waals surface area contributed by atoms with Crippen molar-refractivity contribution in [2.24, 2.45) is 0 Å². The fourth-order valence-corrected chi connectivity index (χ4v) is 16.4. The van der Waals surface area contributed by atoms with E-state index in [0.29, 0.717) is 76.9 Å². The van der Waals surface area contributed by atoms with E-state index in [1.807, 2.05) is 149 Å². The van der Waals surface area contributed by atoms with E-state index in [1.54, 1.807) is 104 Å². The molecule has 0 spiro atoms. The van der Waals surface area contributed by atoms with E-state index >= 15 is 0 Å². The van der Waals surface area contributed by atoms with E-state index in [4.69, 9.17) is 42.0 Å². The third-order valence-corrected chi connectivity index (χ3v) is 27.5. The Morgan fingerprint density at radius 2 is 0.746 bits per heavy atom. The molecule has 0 radical (unpaired) electrons. The molecule has 640 valence electrons. The SMILES string of the molecule is C#Cc1ncc2c(n1)n([C@H](C)c1ccccc1)c(=O)n2COCC[Si](C)(C)C.C[C@H](c1ccccc1)n1c(=O)n(COCC[Si](C)(C)C)c2cnc(-c3cnn4ccncc34)nc21.C[C@H](c1ccccc1)n1c(=O)n(COCC[Si](C)(C)C)c2cnc(C#CC(C)(C)O)nc21.C[C@H](c1ccccc1)n1c(=O)n(COCC[Si](C)(C)C)c2cnc(Cl)nc21. The van der Waals surface area contributed by atoms with Crippen LogP contribution in [0.1, 0.15) is 99.6 Å². The molecule has 0 saturated carbocycles. The number of hydrogen-bond donors (Lipinski definition) is 1. The van der Waals surface area contributed by atoms with Crippen molar-refractivity contribution < 1.29 is 24.1 Å². The van der Waals surface area contributed by atoms with Crippen LogP contribution in [0, 0.1) is 24.2 Å². The number of aromatic nitrogens is 19. The topological polar surface area (TPSA) is 298 Å². The Bertz CT molecular complexity index is 6270. The maximum Gasteiger partial charge on any atom is 0.332 e. The number of aliphatic hydroxyl groups is 1. The van der Waals surface area contributed by atoms with Crippen LogP contribution in [-0.4, -0.2) is 160 Å². The highest BCUT2D eigenvalue weighted by molar-refractivity contribution is 6.77. The Balaban J connectivity index is 0.000000160. The summed E-state index contributed by atoms with van der Waals surface area (Å²) in [5, 5.41) is 14.4. The summed E-state index contributed by atoms with van der Waals surface area (Å²) in [6.45, 7) is 41.9. The molecule has 0 fully saturated rings. The second-order valence-electron chi connectivity index (χ2n) is 35.5. The summed E-state index contributed by atoms with van der Waals surface area (Å²) < 4.78 is 38.2. The Hall–Kier alpha value is -11.0. The second kappa shape index (κ2) is 39.9. The number of terminal acetylenes is 1. The standard InChI is InChI=1S/C25H29N7O2Si.C24H32N4O3Si.C21H26N4O2Si.C19H25ClN4O2Si/c1-18(19-8-6-5-7-9-19)32-24-22(30(25(32)33)17-34-12-13-35(2,3)4)16-27-23(29-24)20-14-28-31-11-10-26-15-21(20)31;1-18(19-10-8-7-9-11-19)28-22-20(16-25-21(26-22)12-13-24(2,3)30)27(23(28)29)17-31-14-15-32(4,5)6;1-6-19-22-14-18-20(23-19)25(16(2)17-10-8-7-9-11-17)21(26)24(18)15-27-12-13-28(3,4)5;1-14(15-8-6-5-7-9-15)24-17-16(12-21-18(20)22-17)23(19(24)25)13-26-10-11-27(2,3)4/h5-11,14-16,18H,12-13,17H2,1-4H3;7-11,16,18,30H,14-15,17H2,1-6H3;1,7-11,14,16H,12-13,15H2,2-5H3;5-9,12,14H,10-11,13H2,1-4H3/t2*18-;16-;14-/m1111/s1.